The predicted molar refractivity (Wildman–Crippen MR) is 607 cm³/mol. The molecule has 17 aliphatic carbocycles. The van der Waals surface area contributed by atoms with Crippen molar-refractivity contribution in [2.45, 2.75) is 165 Å². The van der Waals surface area contributed by atoms with E-state index in [0.29, 0.717) is 61.8 Å². The summed E-state index contributed by atoms with van der Waals surface area (Å²) in [6, 6.07) is 79.8. The fraction of sp³-hybridized carbons (Fsp3) is 0.376. The molecule has 17 fully saturated rings. The molecule has 0 aromatic heterocycles. The lowest BCUT2D eigenvalue weighted by atomic mass is 9.43. The van der Waals surface area contributed by atoms with Crippen LogP contribution in [0.1, 0.15) is 171 Å². The van der Waals surface area contributed by atoms with Gasteiger partial charge in [0.2, 0.25) is 0 Å². The summed E-state index contributed by atoms with van der Waals surface area (Å²) in [6.07, 6.45) is 28.1. The zero-order valence-electron chi connectivity index (χ0n) is 76.6. The number of hydrogen-bond acceptors (Lipinski definition) is 6. The van der Waals surface area contributed by atoms with Gasteiger partial charge in [-0.2, -0.15) is 0 Å². The van der Waals surface area contributed by atoms with Crippen LogP contribution in [0.25, 0.3) is 55.6 Å². The van der Waals surface area contributed by atoms with E-state index >= 15 is 0 Å². The van der Waals surface area contributed by atoms with Crippen molar-refractivity contribution < 1.29 is 29.8 Å². The molecule has 140 heavy (non-hydrogen) atoms. The minimum Gasteiger partial charge on any atom is -0.423 e. The van der Waals surface area contributed by atoms with Gasteiger partial charge in [-0.15, -0.1) is 0 Å². The first-order valence-corrected chi connectivity index (χ1v) is 56.7. The molecule has 23 heteroatoms. The van der Waals surface area contributed by atoms with Gasteiger partial charge >= 0.3 is 7.12 Å². The lowest BCUT2D eigenvalue weighted by Gasteiger charge is -2.61. The second kappa shape index (κ2) is 46.9. The SMILES string of the molecule is C.C1CCOC1.Clc1ccc(-c2ccc(Cl)cc2Br)cc1.Clc1ccc(-c2ccc(Cl)cc2Br)cc1.Clc1ccc(I)c(Br)c1.Clc1ccc2c(c1)C1(c3cc(Cl)ccc3-2)C2CC3CC(C2)CC1C3.O=C1C2CC3CC(C2)CC1C3.OB(O)c1ccc(Cl)cc1.OC1(c2cc(Cl)ccc2-c2ccc(Cl)cc2)C2CC3CC(C2)CC1C3.OC1(c2cc(Cl)ccc2-c2ccc(Cl)cc2)C2CC3CC(C2)CC1C3. The first kappa shape index (κ1) is 107. The Kier molecular flexibility index (Phi) is 35.9. The second-order valence-electron chi connectivity index (χ2n) is 41.0. The van der Waals surface area contributed by atoms with E-state index < -0.39 is 18.3 Å². The van der Waals surface area contributed by atoms with Crippen molar-refractivity contribution >= 4 is 228 Å². The number of ether oxygens (including phenoxy) is 1. The van der Waals surface area contributed by atoms with Gasteiger partial charge < -0.3 is 25.0 Å². The molecule has 732 valence electrons. The molecular weight excluding hydrogens is 2300 g/mol. The largest absolute Gasteiger partial charge is 0.488 e. The summed E-state index contributed by atoms with van der Waals surface area (Å²) < 4.78 is 9.14. The van der Waals surface area contributed by atoms with Gasteiger partial charge in [0, 0.05) is 108 Å². The average molecular weight is 2420 g/mol. The number of rotatable bonds is 7. The van der Waals surface area contributed by atoms with E-state index in [-0.39, 0.29) is 12.8 Å². The van der Waals surface area contributed by atoms with E-state index in [4.69, 9.17) is 154 Å². The molecule has 16 saturated carbocycles. The molecule has 0 amide bonds. The first-order valence-electron chi connectivity index (χ1n) is 48.7. The van der Waals surface area contributed by atoms with Crippen LogP contribution in [0, 0.1) is 98.3 Å². The molecular formula is C117H113BBr3Cl12IO6. The Morgan fingerprint density at radius 2 is 0.514 bits per heavy atom. The molecule has 6 nitrogen and oxygen atoms in total. The van der Waals surface area contributed by atoms with Crippen molar-refractivity contribution in [3.05, 3.63) is 348 Å². The molecule has 4 N–H and O–H groups in total. The summed E-state index contributed by atoms with van der Waals surface area (Å²) in [6.45, 7) is 2.00. The molecule has 12 aromatic carbocycles. The predicted octanol–water partition coefficient (Wildman–Crippen LogP) is 37.3. The van der Waals surface area contributed by atoms with E-state index in [9.17, 15) is 15.0 Å². The van der Waals surface area contributed by atoms with E-state index in [2.05, 4.69) is 107 Å². The quantitative estimate of drug-likeness (QED) is 0.0720. The Hall–Kier alpha value is -4.18. The average Bonchev–Trinajstić information content (AvgIpc) is 1.50. The Labute approximate surface area is 924 Å². The van der Waals surface area contributed by atoms with E-state index in [0.717, 1.165) is 238 Å². The van der Waals surface area contributed by atoms with E-state index in [1.807, 2.05) is 188 Å². The van der Waals surface area contributed by atoms with Crippen molar-refractivity contribution in [3.8, 4) is 55.6 Å². The highest BCUT2D eigenvalue weighted by Gasteiger charge is 2.63. The molecule has 30 rings (SSSR count). The number of Topliss-reactive ketones (excluding diaryl/α,β-unsaturated/α-hetero) is 1. The fourth-order valence-corrected chi connectivity index (χ4v) is 31.4. The first-order chi connectivity index (χ1) is 66.8. The fourth-order valence-electron chi connectivity index (χ4n) is 27.3. The number of carbonyl (C=O) groups is 1. The number of halogens is 16. The van der Waals surface area contributed by atoms with Gasteiger partial charge in [0.05, 0.1) is 11.2 Å². The smallest absolute Gasteiger partial charge is 0.423 e. The van der Waals surface area contributed by atoms with Crippen LogP contribution in [0.4, 0.5) is 0 Å². The molecule has 0 unspecified atom stereocenters. The van der Waals surface area contributed by atoms with Gasteiger partial charge in [-0.05, 0) is 498 Å². The van der Waals surface area contributed by atoms with Gasteiger partial charge in [-0.1, -0.05) is 276 Å². The summed E-state index contributed by atoms with van der Waals surface area (Å²) >= 11 is 85.0. The van der Waals surface area contributed by atoms with Gasteiger partial charge in [0.15, 0.2) is 0 Å². The molecule has 0 radical (unpaired) electrons. The second-order valence-corrected chi connectivity index (χ2v) is 49.9. The van der Waals surface area contributed by atoms with Crippen molar-refractivity contribution in [2.75, 3.05) is 13.2 Å². The highest BCUT2D eigenvalue weighted by Crippen LogP contribution is 2.71. The van der Waals surface area contributed by atoms with Gasteiger partial charge in [0.25, 0.3) is 0 Å². The maximum Gasteiger partial charge on any atom is 0.488 e. The standard InChI is InChI=1S/2C22H22Cl2O.C22H20Cl2.2C12H7BrCl2.C10H14O.C6H6BClO2.C6H3BrClI.C4H8O.CH4/c2*23-18-3-1-15(2-4-18)20-6-5-19(24)12-21(20)22(25)16-8-13-7-14(10-16)11-17(22)9-13;23-16-1-3-18-19-4-2-17(24)11-21(19)22(20(18)10-16)14-6-12-5-13(8-14)9-15(22)7-12;2*13-12-7-10(15)5-6-11(12)8-1-3-9(14)4-2-8;11-10-8-2-6-1-7(4-8)5-9(10)3-6;8-6-3-1-5(2-4-6)7(9)10;7-5-3-4(8)1-2-6(5)9;1-2-4-5-3-1;/h2*1-6,12-14,16-17,25H,7-11H2;1-4,10-15H,5-9H2;2*1-7H;6-9H,1-5H2;1-4,9-10H;1-3H;1-4H2;1H4. The summed E-state index contributed by atoms with van der Waals surface area (Å²) in [5, 5.41) is 50.1. The zero-order valence-corrected chi connectivity index (χ0v) is 92.6. The summed E-state index contributed by atoms with van der Waals surface area (Å²) in [7, 11) is -1.41. The Morgan fingerprint density at radius 1 is 0.279 bits per heavy atom. The van der Waals surface area contributed by atoms with Crippen LogP contribution in [0.2, 0.25) is 60.3 Å². The maximum absolute atomic E-state index is 12.0. The van der Waals surface area contributed by atoms with Gasteiger partial charge in [-0.25, -0.2) is 0 Å². The number of carbonyl (C=O) groups excluding carboxylic acids is 1. The van der Waals surface area contributed by atoms with Crippen LogP contribution in [0.3, 0.4) is 0 Å². The van der Waals surface area contributed by atoms with Crippen LogP contribution in [0.5, 0.6) is 0 Å². The van der Waals surface area contributed by atoms with E-state index in [1.54, 1.807) is 24.3 Å². The molecule has 0 atom stereocenters. The number of aliphatic hydroxyl groups is 2. The Bertz CT molecular complexity index is 5960. The lowest BCUT2D eigenvalue weighted by Crippen LogP contribution is -2.55. The van der Waals surface area contributed by atoms with Crippen LogP contribution < -0.4 is 5.46 Å². The van der Waals surface area contributed by atoms with Crippen molar-refractivity contribution in [1.29, 1.82) is 0 Å². The molecule has 12 aromatic rings. The third-order valence-electron chi connectivity index (χ3n) is 32.5. The van der Waals surface area contributed by atoms with Gasteiger partial charge in [0.1, 0.15) is 5.78 Å². The minimum absolute atomic E-state index is 0. The third kappa shape index (κ3) is 24.0. The lowest BCUT2D eigenvalue weighted by molar-refractivity contribution is -0.179. The molecule has 1 spiro atoms. The van der Waals surface area contributed by atoms with Crippen molar-refractivity contribution in [2.24, 2.45) is 94.7 Å². The normalized spacial score (nSPS) is 27.2. The van der Waals surface area contributed by atoms with Crippen LogP contribution in [-0.2, 0) is 26.1 Å². The Balaban J connectivity index is 0.000000112. The minimum atomic E-state index is -1.41. The van der Waals surface area contributed by atoms with Crippen LogP contribution in [0.15, 0.2) is 262 Å². The summed E-state index contributed by atoms with van der Waals surface area (Å²) in [5.74, 6) is 11.7. The van der Waals surface area contributed by atoms with Crippen LogP contribution >= 0.6 is 210 Å². The number of fused-ring (bicyclic) bond motifs is 3. The topological polar surface area (TPSA) is 107 Å². The maximum atomic E-state index is 12.0. The summed E-state index contributed by atoms with van der Waals surface area (Å²) in [4.78, 5) is 11.6. The third-order valence-corrected chi connectivity index (χ3v) is 39.0. The van der Waals surface area contributed by atoms with Gasteiger partial charge in [-0.3, -0.25) is 4.79 Å². The van der Waals surface area contributed by atoms with Crippen LogP contribution in [-0.4, -0.2) is 46.4 Å². The number of benzene rings is 12. The monoisotopic (exact) mass is 2410 g/mol. The number of ketones is 1. The molecule has 1 heterocycles. The highest BCUT2D eigenvalue weighted by molar-refractivity contribution is 14.1. The molecule has 1 aliphatic heterocycles. The highest BCUT2D eigenvalue weighted by atomic mass is 127. The van der Waals surface area contributed by atoms with Crippen molar-refractivity contribution in [3.63, 3.8) is 0 Å². The zero-order chi connectivity index (χ0) is 97.5. The molecule has 1 saturated heterocycles. The summed E-state index contributed by atoms with van der Waals surface area (Å²) in [5.41, 5.74) is 15.8. The molecule has 18 aliphatic rings. The molecule has 16 bridgehead atoms. The van der Waals surface area contributed by atoms with Crippen molar-refractivity contribution in [1.82, 2.24) is 0 Å². The van der Waals surface area contributed by atoms with E-state index in [1.165, 1.54) is 116 Å². The Morgan fingerprint density at radius 3 is 0.786 bits per heavy atom. The number of hydrogen-bond donors (Lipinski definition) is 4.